The molecule has 0 aliphatic heterocycles. The fraction of sp³-hybridized carbons (Fsp3) is 0.289. The van der Waals surface area contributed by atoms with Crippen molar-refractivity contribution in [2.24, 2.45) is 0 Å². The van der Waals surface area contributed by atoms with E-state index >= 15 is 0 Å². The Morgan fingerprint density at radius 2 is 0.709 bits per heavy atom. The van der Waals surface area contributed by atoms with Crippen molar-refractivity contribution in [3.05, 3.63) is 66.6 Å². The van der Waals surface area contributed by atoms with E-state index in [0.29, 0.717) is 30.5 Å². The molecule has 0 unspecified atom stereocenters. The molecule has 79 heavy (non-hydrogen) atoms. The molecular formula is C45H47N23O5S6. The number of nitriles is 6. The maximum Gasteiger partial charge on any atom is 0.236 e. The Hall–Kier alpha value is -9.13. The molecule has 0 aromatic carbocycles. The Labute approximate surface area is 477 Å². The average molecular weight is 1180 g/mol. The quantitative estimate of drug-likeness (QED) is 0.0553. The first-order valence-electron chi connectivity index (χ1n) is 22.1. The van der Waals surface area contributed by atoms with Crippen molar-refractivity contribution in [2.75, 3.05) is 78.6 Å². The number of anilines is 6. The van der Waals surface area contributed by atoms with Gasteiger partial charge in [0.25, 0.3) is 0 Å². The van der Waals surface area contributed by atoms with Crippen LogP contribution in [0.25, 0.3) is 0 Å². The summed E-state index contributed by atoms with van der Waals surface area (Å²) >= 11 is 7.13. The average Bonchev–Trinajstić information content (AvgIpc) is 4.24. The van der Waals surface area contributed by atoms with Crippen LogP contribution >= 0.6 is 69.3 Å². The van der Waals surface area contributed by atoms with Crippen molar-refractivity contribution in [1.82, 2.24) is 55.3 Å². The van der Waals surface area contributed by atoms with Gasteiger partial charge >= 0.3 is 0 Å². The molecule has 0 radical (unpaired) electrons. The van der Waals surface area contributed by atoms with E-state index < -0.39 is 0 Å². The minimum Gasteiger partial charge on any atom is -0.383 e. The molecule has 6 aromatic heterocycles. The first-order chi connectivity index (χ1) is 37.7. The molecule has 0 fully saturated rings. The molecular weight excluding hydrogens is 1140 g/mol. The number of pyridine rings is 3. The third-order valence-corrected chi connectivity index (χ3v) is 14.2. The van der Waals surface area contributed by atoms with Crippen LogP contribution in [0, 0.1) is 68.0 Å². The van der Waals surface area contributed by atoms with E-state index in [1.807, 2.05) is 57.2 Å². The Morgan fingerprint density at radius 3 is 0.886 bits per heavy atom. The van der Waals surface area contributed by atoms with Gasteiger partial charge < -0.3 is 27.0 Å². The van der Waals surface area contributed by atoms with Gasteiger partial charge in [-0.15, -0.1) is 30.6 Å². The molecule has 6 heterocycles. The first kappa shape index (κ1) is 66.0. The number of rotatable bonds is 17. The fourth-order valence-electron chi connectivity index (χ4n) is 4.58. The second-order valence-electron chi connectivity index (χ2n) is 14.7. The monoisotopic (exact) mass is 1180 g/mol. The highest BCUT2D eigenvalue weighted by Crippen LogP contribution is 2.27. The van der Waals surface area contributed by atoms with Gasteiger partial charge in [0.2, 0.25) is 45.9 Å². The Balaban J connectivity index is 0.000000372. The number of carbonyl (C=O) groups excluding carboxylic acids is 5. The number of aryl methyl sites for hydroxylation is 3. The number of nitrogen functional groups attached to an aromatic ring is 3. The van der Waals surface area contributed by atoms with Gasteiger partial charge in [-0.2, -0.15) is 31.6 Å². The van der Waals surface area contributed by atoms with Gasteiger partial charge in [-0.3, -0.25) is 39.9 Å². The second kappa shape index (κ2) is 35.2. The maximum absolute atomic E-state index is 11.9. The first-order valence-corrected chi connectivity index (χ1v) is 27.5. The SMILES string of the molecule is CCc1nnc(NC(=O)CSc2nc(N)c(C#N)cc2C#N)s1.CCc1nnc(NC(=O)CSc2nc(N)c(C#N)cc2C#N)s1.CCc1nnc(NC(=O)CSc2nc(N)c(C#N)cc2C#N)s1.CN(C)C=O.CN(C)C=O. The van der Waals surface area contributed by atoms with Crippen molar-refractivity contribution in [1.29, 1.82) is 31.6 Å². The number of aromatic nitrogens is 9. The third-order valence-electron chi connectivity index (χ3n) is 8.26. The number of thioether (sulfide) groups is 3. The van der Waals surface area contributed by atoms with Gasteiger partial charge in [0, 0.05) is 28.2 Å². The van der Waals surface area contributed by atoms with E-state index in [-0.39, 0.29) is 85.8 Å². The molecule has 6 rings (SSSR count). The zero-order valence-corrected chi connectivity index (χ0v) is 47.9. The van der Waals surface area contributed by atoms with E-state index in [4.69, 9.17) is 48.8 Å². The van der Waals surface area contributed by atoms with Crippen molar-refractivity contribution >= 4 is 133 Å². The molecule has 408 valence electrons. The molecule has 34 heteroatoms. The lowest BCUT2D eigenvalue weighted by Crippen LogP contribution is -2.14. The summed E-state index contributed by atoms with van der Waals surface area (Å²) in [5, 5.41) is 89.8. The number of hydrogen-bond acceptors (Lipinski definition) is 29. The van der Waals surface area contributed by atoms with Gasteiger partial charge in [-0.1, -0.05) is 90.1 Å². The van der Waals surface area contributed by atoms with Gasteiger partial charge in [0.05, 0.1) is 50.6 Å². The summed E-state index contributed by atoms with van der Waals surface area (Å²) in [7, 11) is 6.75. The normalized spacial score (nSPS) is 9.48. The van der Waals surface area contributed by atoms with Crippen LogP contribution in [-0.4, -0.2) is 131 Å². The van der Waals surface area contributed by atoms with Crippen LogP contribution in [-0.2, 0) is 43.2 Å². The molecule has 0 bridgehead atoms. The summed E-state index contributed by atoms with van der Waals surface area (Å²) in [6.45, 7) is 5.85. The van der Waals surface area contributed by atoms with E-state index in [1.165, 1.54) is 62.0 Å². The fourth-order valence-corrected chi connectivity index (χ4v) is 8.95. The number of nitrogens with two attached hydrogens (primary N) is 3. The standard InChI is InChI=1S/3C13H11N7OS2.2C3H7NO/c3*1-2-10-19-20-13(23-10)17-9(21)6-22-12-8(5-15)3-7(4-14)11(16)18-12;2*1-4(2)3-5/h3*3H,2,6H2,1H3,(H2,16,18)(H,17,20,21);2*3H,1-2H3. The molecule has 28 nitrogen and oxygen atoms in total. The predicted octanol–water partition coefficient (Wildman–Crippen LogP) is 4.06. The molecule has 0 saturated heterocycles. The minimum absolute atomic E-state index is 0.0334. The zero-order valence-electron chi connectivity index (χ0n) is 43.0. The molecule has 0 atom stereocenters. The van der Waals surface area contributed by atoms with Crippen molar-refractivity contribution in [2.45, 2.75) is 55.1 Å². The molecule has 6 aromatic rings. The van der Waals surface area contributed by atoms with E-state index in [0.717, 1.165) is 82.4 Å². The largest absolute Gasteiger partial charge is 0.383 e. The van der Waals surface area contributed by atoms with Crippen molar-refractivity contribution in [3.63, 3.8) is 0 Å². The van der Waals surface area contributed by atoms with Gasteiger partial charge in [0.15, 0.2) is 0 Å². The lowest BCUT2D eigenvalue weighted by atomic mass is 10.2. The Kier molecular flexibility index (Phi) is 29.4. The number of nitrogens with one attached hydrogen (secondary N) is 3. The van der Waals surface area contributed by atoms with Crippen LogP contribution in [0.2, 0.25) is 0 Å². The number of carbonyl (C=O) groups is 5. The lowest BCUT2D eigenvalue weighted by Gasteiger charge is -2.05. The van der Waals surface area contributed by atoms with Gasteiger partial charge in [-0.25, -0.2) is 15.0 Å². The lowest BCUT2D eigenvalue weighted by molar-refractivity contribution is -0.116. The Morgan fingerprint density at radius 1 is 0.481 bits per heavy atom. The summed E-state index contributed by atoms with van der Waals surface area (Å²) in [6.07, 6.45) is 3.76. The topological polar surface area (TPSA) is 465 Å². The summed E-state index contributed by atoms with van der Waals surface area (Å²) < 4.78 is 0. The predicted molar refractivity (Wildman–Crippen MR) is 300 cm³/mol. The molecule has 9 N–H and O–H groups in total. The third kappa shape index (κ3) is 23.3. The van der Waals surface area contributed by atoms with Crippen LogP contribution < -0.4 is 33.2 Å². The molecule has 0 aliphatic rings. The van der Waals surface area contributed by atoms with Crippen LogP contribution in [0.4, 0.5) is 32.8 Å². The van der Waals surface area contributed by atoms with Crippen LogP contribution in [0.15, 0.2) is 33.3 Å². The summed E-state index contributed by atoms with van der Waals surface area (Å²) in [4.78, 5) is 69.5. The minimum atomic E-state index is -0.289. The van der Waals surface area contributed by atoms with Crippen LogP contribution in [0.5, 0.6) is 0 Å². The summed E-state index contributed by atoms with van der Waals surface area (Å²) in [5.74, 6) is -0.661. The van der Waals surface area contributed by atoms with Crippen molar-refractivity contribution in [3.8, 4) is 36.4 Å². The number of amides is 5. The van der Waals surface area contributed by atoms with E-state index in [2.05, 4.69) is 61.5 Å². The van der Waals surface area contributed by atoms with E-state index in [9.17, 15) is 24.0 Å². The van der Waals surface area contributed by atoms with Gasteiger partial charge in [0.1, 0.15) is 84.0 Å². The summed E-state index contributed by atoms with van der Waals surface area (Å²) in [5.41, 5.74) is 17.9. The van der Waals surface area contributed by atoms with Crippen molar-refractivity contribution < 1.29 is 24.0 Å². The molecule has 0 spiro atoms. The zero-order chi connectivity index (χ0) is 59.0. The highest BCUT2D eigenvalue weighted by Gasteiger charge is 2.17. The molecule has 0 aliphatic carbocycles. The highest BCUT2D eigenvalue weighted by atomic mass is 32.2. The highest BCUT2D eigenvalue weighted by molar-refractivity contribution is 8.00. The molecule has 5 amide bonds. The Bertz CT molecular complexity index is 3000. The number of nitrogens with zero attached hydrogens (tertiary/aromatic N) is 17. The molecule has 0 saturated carbocycles. The number of hydrogen-bond donors (Lipinski definition) is 6. The van der Waals surface area contributed by atoms with Gasteiger partial charge in [-0.05, 0) is 37.5 Å². The maximum atomic E-state index is 11.9. The smallest absolute Gasteiger partial charge is 0.236 e. The second-order valence-corrected chi connectivity index (χ2v) is 20.8. The van der Waals surface area contributed by atoms with Crippen LogP contribution in [0.1, 0.15) is 69.2 Å². The summed E-state index contributed by atoms with van der Waals surface area (Å²) in [6, 6.07) is 15.5. The van der Waals surface area contributed by atoms with E-state index in [1.54, 1.807) is 28.2 Å². The van der Waals surface area contributed by atoms with Crippen LogP contribution in [0.3, 0.4) is 0 Å².